The fourth-order valence-electron chi connectivity index (χ4n) is 1.67. The zero-order chi connectivity index (χ0) is 16.3. The van der Waals surface area contributed by atoms with Gasteiger partial charge in [-0.3, -0.25) is 4.79 Å². The maximum Gasteiger partial charge on any atom is 0.534 e. The highest BCUT2D eigenvalue weighted by Gasteiger charge is 2.48. The summed E-state index contributed by atoms with van der Waals surface area (Å²) in [6.45, 7) is 3.43. The van der Waals surface area contributed by atoms with Crippen molar-refractivity contribution in [3.8, 4) is 5.75 Å². The number of rotatable bonds is 6. The molecule has 0 unspecified atom stereocenters. The van der Waals surface area contributed by atoms with Gasteiger partial charge in [-0.25, -0.2) is 0 Å². The lowest BCUT2D eigenvalue weighted by atomic mass is 10.0. The molecule has 0 heterocycles. The number of aryl methyl sites for hydroxylation is 1. The van der Waals surface area contributed by atoms with Crippen molar-refractivity contribution in [2.24, 2.45) is 0 Å². The molecule has 1 aromatic carbocycles. The first kappa shape index (κ1) is 17.5. The van der Waals surface area contributed by atoms with Gasteiger partial charge in [-0.05, 0) is 30.2 Å². The number of hydrogen-bond donors (Lipinski definition) is 0. The second-order valence-corrected chi connectivity index (χ2v) is 5.87. The smallest absolute Gasteiger partial charge is 0.376 e. The molecular weight excluding hydrogens is 309 g/mol. The van der Waals surface area contributed by atoms with Crippen LogP contribution in [0.1, 0.15) is 42.6 Å². The summed E-state index contributed by atoms with van der Waals surface area (Å²) in [5.41, 5.74) is -4.92. The summed E-state index contributed by atoms with van der Waals surface area (Å²) >= 11 is 0. The van der Waals surface area contributed by atoms with E-state index in [2.05, 4.69) is 4.18 Å². The zero-order valence-corrected chi connectivity index (χ0v) is 12.3. The number of carbonyl (C=O) groups is 1. The van der Waals surface area contributed by atoms with Crippen LogP contribution in [0.25, 0.3) is 0 Å². The van der Waals surface area contributed by atoms with Gasteiger partial charge in [-0.15, -0.1) is 0 Å². The number of halogens is 3. The Bertz CT molecular complexity index is 621. The predicted molar refractivity (Wildman–Crippen MR) is 70.7 cm³/mol. The molecule has 0 aliphatic carbocycles. The normalized spacial score (nSPS) is 12.2. The fourth-order valence-corrected chi connectivity index (χ4v) is 2.16. The van der Waals surface area contributed by atoms with Crippen molar-refractivity contribution in [1.29, 1.82) is 0 Å². The molecule has 0 aliphatic rings. The minimum Gasteiger partial charge on any atom is -0.376 e. The maximum atomic E-state index is 12.3. The van der Waals surface area contributed by atoms with Crippen LogP contribution in [0.3, 0.4) is 0 Å². The number of benzene rings is 1. The van der Waals surface area contributed by atoms with Gasteiger partial charge < -0.3 is 4.18 Å². The summed E-state index contributed by atoms with van der Waals surface area (Å²) in [4.78, 5) is 11.6. The van der Waals surface area contributed by atoms with Crippen LogP contribution in [0.5, 0.6) is 5.75 Å². The molecule has 0 bridgehead atoms. The molecule has 0 saturated heterocycles. The molecular formula is C13H15F3O4S. The second kappa shape index (κ2) is 6.46. The molecule has 1 rings (SSSR count). The van der Waals surface area contributed by atoms with Gasteiger partial charge in [0, 0.05) is 12.0 Å². The highest BCUT2D eigenvalue weighted by Crippen LogP contribution is 2.30. The Morgan fingerprint density at radius 2 is 1.86 bits per heavy atom. The average Bonchev–Trinajstić information content (AvgIpc) is 2.38. The zero-order valence-electron chi connectivity index (χ0n) is 11.5. The highest BCUT2D eigenvalue weighted by molar-refractivity contribution is 7.88. The molecule has 0 radical (unpaired) electrons. The van der Waals surface area contributed by atoms with E-state index in [1.807, 2.05) is 0 Å². The molecule has 0 fully saturated rings. The lowest BCUT2D eigenvalue weighted by molar-refractivity contribution is -0.0500. The lowest BCUT2D eigenvalue weighted by Gasteiger charge is -2.13. The lowest BCUT2D eigenvalue weighted by Crippen LogP contribution is -2.28. The van der Waals surface area contributed by atoms with Crippen LogP contribution >= 0.6 is 0 Å². The molecule has 0 aromatic heterocycles. The van der Waals surface area contributed by atoms with Crippen LogP contribution < -0.4 is 4.18 Å². The van der Waals surface area contributed by atoms with Crippen molar-refractivity contribution < 1.29 is 30.6 Å². The first-order chi connectivity index (χ1) is 9.62. The van der Waals surface area contributed by atoms with Crippen molar-refractivity contribution in [3.05, 3.63) is 29.3 Å². The summed E-state index contributed by atoms with van der Waals surface area (Å²) < 4.78 is 63.2. The molecule has 1 aromatic rings. The Kier molecular flexibility index (Phi) is 5.38. The van der Waals surface area contributed by atoms with Crippen LogP contribution in [-0.4, -0.2) is 19.7 Å². The minimum atomic E-state index is -5.72. The van der Waals surface area contributed by atoms with Gasteiger partial charge in [0.15, 0.2) is 5.78 Å². The van der Waals surface area contributed by atoms with E-state index in [1.54, 1.807) is 13.8 Å². The highest BCUT2D eigenvalue weighted by atomic mass is 32.2. The van der Waals surface area contributed by atoms with E-state index >= 15 is 0 Å². The van der Waals surface area contributed by atoms with Gasteiger partial charge in [0.2, 0.25) is 0 Å². The Balaban J connectivity index is 3.22. The Morgan fingerprint density at radius 3 is 2.33 bits per heavy atom. The minimum absolute atomic E-state index is 0.183. The largest absolute Gasteiger partial charge is 0.534 e. The number of carbonyl (C=O) groups excluding carboxylic acids is 1. The monoisotopic (exact) mass is 324 g/mol. The van der Waals surface area contributed by atoms with Crippen LogP contribution in [0.15, 0.2) is 18.2 Å². The first-order valence-corrected chi connectivity index (χ1v) is 7.70. The van der Waals surface area contributed by atoms with Crippen LogP contribution in [0, 0.1) is 0 Å². The van der Waals surface area contributed by atoms with Crippen LogP contribution in [0.2, 0.25) is 0 Å². The molecule has 0 aliphatic heterocycles. The van der Waals surface area contributed by atoms with Crippen molar-refractivity contribution >= 4 is 15.9 Å². The van der Waals surface area contributed by atoms with Crippen molar-refractivity contribution in [1.82, 2.24) is 0 Å². The summed E-state index contributed by atoms with van der Waals surface area (Å²) in [6.07, 6.45) is 1.10. The number of Topliss-reactive ketones (excluding diaryl/α,β-unsaturated/α-hetero) is 1. The van der Waals surface area contributed by atoms with E-state index in [1.165, 1.54) is 12.1 Å². The van der Waals surface area contributed by atoms with E-state index in [9.17, 15) is 26.4 Å². The molecule has 118 valence electrons. The van der Waals surface area contributed by atoms with Gasteiger partial charge in [0.1, 0.15) is 5.75 Å². The molecule has 8 heteroatoms. The number of alkyl halides is 3. The third kappa shape index (κ3) is 4.20. The van der Waals surface area contributed by atoms with Crippen molar-refractivity contribution in [2.75, 3.05) is 0 Å². The van der Waals surface area contributed by atoms with E-state index < -0.39 is 21.4 Å². The third-order valence-corrected chi connectivity index (χ3v) is 3.67. The topological polar surface area (TPSA) is 60.4 Å². The Morgan fingerprint density at radius 1 is 1.24 bits per heavy atom. The van der Waals surface area contributed by atoms with Crippen molar-refractivity contribution in [2.45, 2.75) is 38.6 Å². The average molecular weight is 324 g/mol. The second-order valence-electron chi connectivity index (χ2n) is 4.33. The maximum absolute atomic E-state index is 12.3. The van der Waals surface area contributed by atoms with Crippen LogP contribution in [0.4, 0.5) is 13.2 Å². The first-order valence-electron chi connectivity index (χ1n) is 6.29. The fraction of sp³-hybridized carbons (Fsp3) is 0.462. The molecule has 0 saturated carbocycles. The summed E-state index contributed by atoms with van der Waals surface area (Å²) in [7, 11) is -5.72. The molecule has 0 spiro atoms. The van der Waals surface area contributed by atoms with E-state index in [4.69, 9.17) is 0 Å². The third-order valence-electron chi connectivity index (χ3n) is 2.71. The Labute approximate surface area is 121 Å². The summed E-state index contributed by atoms with van der Waals surface area (Å²) in [6, 6.07) is 3.71. The van der Waals surface area contributed by atoms with Gasteiger partial charge in [-0.1, -0.05) is 20.3 Å². The summed E-state index contributed by atoms with van der Waals surface area (Å²) in [5, 5.41) is 0. The van der Waals surface area contributed by atoms with Gasteiger partial charge in [-0.2, -0.15) is 21.6 Å². The van der Waals surface area contributed by atoms with E-state index in [-0.39, 0.29) is 17.8 Å². The predicted octanol–water partition coefficient (Wildman–Crippen LogP) is 3.46. The van der Waals surface area contributed by atoms with Crippen LogP contribution in [-0.2, 0) is 16.5 Å². The molecule has 0 amide bonds. The molecule has 0 N–H and O–H groups in total. The van der Waals surface area contributed by atoms with Gasteiger partial charge in [0.25, 0.3) is 0 Å². The SMILES string of the molecule is CCCc1cc(C(=O)CC)ccc1OS(=O)(=O)C(F)(F)F. The van der Waals surface area contributed by atoms with Crippen molar-refractivity contribution in [3.63, 3.8) is 0 Å². The van der Waals surface area contributed by atoms with E-state index in [0.29, 0.717) is 18.4 Å². The Hall–Kier alpha value is -1.57. The quantitative estimate of drug-likeness (QED) is 0.457. The molecule has 21 heavy (non-hydrogen) atoms. The van der Waals surface area contributed by atoms with Gasteiger partial charge >= 0.3 is 15.6 Å². The van der Waals surface area contributed by atoms with E-state index in [0.717, 1.165) is 6.07 Å². The number of ketones is 1. The molecule has 0 atom stereocenters. The molecule has 4 nitrogen and oxygen atoms in total. The standard InChI is InChI=1S/C13H15F3O4S/c1-3-5-10-8-9(11(17)4-2)6-7-12(10)20-21(18,19)13(14,15)16/h6-8H,3-5H2,1-2H3. The van der Waals surface area contributed by atoms with Gasteiger partial charge in [0.05, 0.1) is 0 Å². The summed E-state index contributed by atoms with van der Waals surface area (Å²) in [5.74, 6) is -0.584. The number of hydrogen-bond acceptors (Lipinski definition) is 4.